The van der Waals surface area contributed by atoms with Crippen LogP contribution in [0.15, 0.2) is 41.4 Å². The van der Waals surface area contributed by atoms with Crippen LogP contribution in [0, 0.1) is 0 Å². The predicted molar refractivity (Wildman–Crippen MR) is 140 cm³/mol. The number of hydrogen-bond acceptors (Lipinski definition) is 6. The SMILES string of the molecule is CCc1cccc2cccc(N3CCc4c(nc(OCC56CCCN5CCC6)nc4SC)C3)c12. The van der Waals surface area contributed by atoms with Gasteiger partial charge in [0.25, 0.3) is 0 Å². The Labute approximate surface area is 206 Å². The first-order valence-electron chi connectivity index (χ1n) is 12.8. The van der Waals surface area contributed by atoms with Crippen molar-refractivity contribution in [1.82, 2.24) is 14.9 Å². The van der Waals surface area contributed by atoms with Gasteiger partial charge < -0.3 is 9.64 Å². The summed E-state index contributed by atoms with van der Waals surface area (Å²) in [7, 11) is 0. The van der Waals surface area contributed by atoms with Crippen LogP contribution in [-0.4, -0.2) is 52.9 Å². The van der Waals surface area contributed by atoms with Crippen LogP contribution in [0.2, 0.25) is 0 Å². The van der Waals surface area contributed by atoms with Gasteiger partial charge in [0, 0.05) is 23.2 Å². The molecule has 2 saturated heterocycles. The molecule has 0 atom stereocenters. The molecule has 0 saturated carbocycles. The molecule has 0 radical (unpaired) electrons. The molecule has 5 nitrogen and oxygen atoms in total. The number of hydrogen-bond donors (Lipinski definition) is 0. The fraction of sp³-hybridized carbons (Fsp3) is 0.500. The van der Waals surface area contributed by atoms with Crippen LogP contribution in [0.3, 0.4) is 0 Å². The van der Waals surface area contributed by atoms with E-state index in [1.165, 1.54) is 66.4 Å². The minimum absolute atomic E-state index is 0.213. The standard InChI is InChI=1S/C28H34N4OS/c1-3-20-8-4-9-21-10-5-11-24(25(20)21)31-17-12-22-23(18-31)29-27(30-26(22)34-2)33-19-28-13-6-15-32(28)16-7-14-28/h4-5,8-11H,3,6-7,12-19H2,1-2H3. The minimum Gasteiger partial charge on any atom is -0.461 e. The van der Waals surface area contributed by atoms with Crippen molar-refractivity contribution in [1.29, 1.82) is 0 Å². The summed E-state index contributed by atoms with van der Waals surface area (Å²) in [6, 6.07) is 13.9. The lowest BCUT2D eigenvalue weighted by molar-refractivity contribution is 0.106. The lowest BCUT2D eigenvalue weighted by Crippen LogP contribution is -2.43. The molecule has 3 aliphatic rings. The summed E-state index contributed by atoms with van der Waals surface area (Å²) in [4.78, 5) is 15.0. The number of ether oxygens (including phenoxy) is 1. The number of nitrogens with zero attached hydrogens (tertiary/aromatic N) is 4. The number of thioether (sulfide) groups is 1. The number of anilines is 1. The Balaban J connectivity index is 1.30. The number of rotatable bonds is 6. The van der Waals surface area contributed by atoms with Gasteiger partial charge in [-0.05, 0) is 74.9 Å². The van der Waals surface area contributed by atoms with Crippen LogP contribution in [0.1, 0.15) is 49.4 Å². The predicted octanol–water partition coefficient (Wildman–Crippen LogP) is 5.48. The largest absolute Gasteiger partial charge is 0.461 e. The summed E-state index contributed by atoms with van der Waals surface area (Å²) in [5.74, 6) is 0. The normalized spacial score (nSPS) is 19.4. The van der Waals surface area contributed by atoms with Gasteiger partial charge in [0.15, 0.2) is 0 Å². The third-order valence-electron chi connectivity index (χ3n) is 8.17. The van der Waals surface area contributed by atoms with Crippen molar-refractivity contribution in [3.05, 3.63) is 53.2 Å². The monoisotopic (exact) mass is 474 g/mol. The molecule has 2 fully saturated rings. The van der Waals surface area contributed by atoms with Gasteiger partial charge in [0.1, 0.15) is 11.6 Å². The van der Waals surface area contributed by atoms with E-state index in [0.717, 1.165) is 36.7 Å². The van der Waals surface area contributed by atoms with Gasteiger partial charge in [-0.3, -0.25) is 4.90 Å². The maximum atomic E-state index is 6.36. The molecular formula is C28H34N4OS. The lowest BCUT2D eigenvalue weighted by atomic mass is 9.95. The third kappa shape index (κ3) is 3.75. The van der Waals surface area contributed by atoms with E-state index in [4.69, 9.17) is 14.7 Å². The van der Waals surface area contributed by atoms with Gasteiger partial charge in [0.05, 0.1) is 17.8 Å². The van der Waals surface area contributed by atoms with Crippen molar-refractivity contribution in [2.45, 2.75) is 62.6 Å². The van der Waals surface area contributed by atoms with Gasteiger partial charge >= 0.3 is 6.01 Å². The Bertz CT molecular complexity index is 1200. The Morgan fingerprint density at radius 3 is 2.59 bits per heavy atom. The van der Waals surface area contributed by atoms with Gasteiger partial charge in [-0.25, -0.2) is 0 Å². The highest BCUT2D eigenvalue weighted by Gasteiger charge is 2.45. The van der Waals surface area contributed by atoms with Crippen LogP contribution in [-0.2, 0) is 19.4 Å². The van der Waals surface area contributed by atoms with Crippen LogP contribution in [0.25, 0.3) is 10.8 Å². The zero-order valence-electron chi connectivity index (χ0n) is 20.3. The van der Waals surface area contributed by atoms with E-state index in [1.54, 1.807) is 11.8 Å². The molecule has 0 spiro atoms. The fourth-order valence-electron chi connectivity index (χ4n) is 6.43. The summed E-state index contributed by atoms with van der Waals surface area (Å²) in [6.07, 6.45) is 9.16. The maximum Gasteiger partial charge on any atom is 0.317 e. The van der Waals surface area contributed by atoms with Crippen molar-refractivity contribution in [3.8, 4) is 6.01 Å². The highest BCUT2D eigenvalue weighted by atomic mass is 32.2. The van der Waals surface area contributed by atoms with E-state index in [2.05, 4.69) is 59.4 Å². The van der Waals surface area contributed by atoms with E-state index >= 15 is 0 Å². The first-order valence-corrected chi connectivity index (χ1v) is 14.0. The summed E-state index contributed by atoms with van der Waals surface area (Å²) >= 11 is 1.72. The number of aryl methyl sites for hydroxylation is 1. The zero-order valence-corrected chi connectivity index (χ0v) is 21.2. The molecule has 1 aromatic heterocycles. The van der Waals surface area contributed by atoms with E-state index < -0.39 is 0 Å². The Morgan fingerprint density at radius 2 is 1.82 bits per heavy atom. The second-order valence-electron chi connectivity index (χ2n) is 9.97. The van der Waals surface area contributed by atoms with E-state index in [-0.39, 0.29) is 5.54 Å². The molecule has 0 unspecified atom stereocenters. The summed E-state index contributed by atoms with van der Waals surface area (Å²) < 4.78 is 6.36. The molecule has 2 aromatic carbocycles. The van der Waals surface area contributed by atoms with Crippen molar-refractivity contribution in [2.24, 2.45) is 0 Å². The fourth-order valence-corrected chi connectivity index (χ4v) is 7.06. The van der Waals surface area contributed by atoms with Gasteiger partial charge in [0.2, 0.25) is 0 Å². The third-order valence-corrected chi connectivity index (χ3v) is 8.90. The van der Waals surface area contributed by atoms with Gasteiger partial charge in [-0.2, -0.15) is 9.97 Å². The first kappa shape index (κ1) is 22.2. The van der Waals surface area contributed by atoms with Crippen molar-refractivity contribution >= 4 is 28.2 Å². The molecule has 3 aromatic rings. The van der Waals surface area contributed by atoms with Crippen molar-refractivity contribution in [3.63, 3.8) is 0 Å². The quantitative estimate of drug-likeness (QED) is 0.348. The molecule has 0 aliphatic carbocycles. The smallest absolute Gasteiger partial charge is 0.317 e. The molecule has 178 valence electrons. The van der Waals surface area contributed by atoms with Gasteiger partial charge in [-0.15, -0.1) is 11.8 Å². The topological polar surface area (TPSA) is 41.5 Å². The van der Waals surface area contributed by atoms with Crippen LogP contribution in [0.5, 0.6) is 6.01 Å². The highest BCUT2D eigenvalue weighted by molar-refractivity contribution is 7.98. The average molecular weight is 475 g/mol. The summed E-state index contributed by atoms with van der Waals surface area (Å²) in [5, 5.41) is 3.78. The van der Waals surface area contributed by atoms with Gasteiger partial charge in [-0.1, -0.05) is 37.3 Å². The molecular weight excluding hydrogens is 440 g/mol. The van der Waals surface area contributed by atoms with Crippen LogP contribution < -0.4 is 9.64 Å². The number of aromatic nitrogens is 2. The second-order valence-corrected chi connectivity index (χ2v) is 10.8. The zero-order chi connectivity index (χ0) is 23.1. The second kappa shape index (κ2) is 9.04. The first-order chi connectivity index (χ1) is 16.7. The Hall–Kier alpha value is -2.31. The number of fused-ring (bicyclic) bond motifs is 3. The summed E-state index contributed by atoms with van der Waals surface area (Å²) in [5.41, 5.74) is 5.36. The minimum atomic E-state index is 0.213. The number of benzene rings is 2. The average Bonchev–Trinajstić information content (AvgIpc) is 3.46. The van der Waals surface area contributed by atoms with E-state index in [1.807, 2.05) is 0 Å². The van der Waals surface area contributed by atoms with E-state index in [0.29, 0.717) is 12.6 Å². The molecule has 0 bridgehead atoms. The molecule has 3 aliphatic heterocycles. The van der Waals surface area contributed by atoms with Crippen LogP contribution in [0.4, 0.5) is 5.69 Å². The molecule has 0 amide bonds. The van der Waals surface area contributed by atoms with Crippen LogP contribution >= 0.6 is 11.8 Å². The molecule has 6 heteroatoms. The molecule has 4 heterocycles. The molecule has 34 heavy (non-hydrogen) atoms. The molecule has 0 N–H and O–H groups in total. The highest BCUT2D eigenvalue weighted by Crippen LogP contribution is 2.39. The van der Waals surface area contributed by atoms with Crippen molar-refractivity contribution < 1.29 is 4.74 Å². The Morgan fingerprint density at radius 1 is 1.03 bits per heavy atom. The van der Waals surface area contributed by atoms with Crippen molar-refractivity contribution in [2.75, 3.05) is 37.4 Å². The lowest BCUT2D eigenvalue weighted by Gasteiger charge is -2.33. The summed E-state index contributed by atoms with van der Waals surface area (Å²) in [6.45, 7) is 7.17. The molecule has 6 rings (SSSR count). The Kier molecular flexibility index (Phi) is 5.90. The van der Waals surface area contributed by atoms with E-state index in [9.17, 15) is 0 Å². The maximum absolute atomic E-state index is 6.36.